The maximum atomic E-state index is 13.8. The average molecular weight is 499 g/mol. The van der Waals surface area contributed by atoms with Crippen LogP contribution in [-0.4, -0.2) is 33.5 Å². The van der Waals surface area contributed by atoms with Crippen LogP contribution >= 0.6 is 0 Å². The number of aromatic nitrogens is 2. The van der Waals surface area contributed by atoms with Crippen LogP contribution in [0.3, 0.4) is 0 Å². The van der Waals surface area contributed by atoms with Crippen molar-refractivity contribution in [2.24, 2.45) is 0 Å². The molecule has 186 valence electrons. The number of amides is 2. The Kier molecular flexibility index (Phi) is 6.76. The molecule has 0 radical (unpaired) electrons. The van der Waals surface area contributed by atoms with Crippen LogP contribution in [0.2, 0.25) is 0 Å². The minimum Gasteiger partial charge on any atom is -0.454 e. The zero-order chi connectivity index (χ0) is 25.8. The predicted molar refractivity (Wildman–Crippen MR) is 133 cm³/mol. The Labute approximate surface area is 212 Å². The van der Waals surface area contributed by atoms with Crippen LogP contribution in [0.25, 0.3) is 0 Å². The third-order valence-corrected chi connectivity index (χ3v) is 5.90. The van der Waals surface area contributed by atoms with Gasteiger partial charge < -0.3 is 19.7 Å². The van der Waals surface area contributed by atoms with E-state index in [0.717, 1.165) is 11.1 Å². The molecule has 1 aliphatic heterocycles. The first kappa shape index (κ1) is 23.9. The van der Waals surface area contributed by atoms with Gasteiger partial charge in [-0.3, -0.25) is 14.6 Å². The summed E-state index contributed by atoms with van der Waals surface area (Å²) in [6.07, 6.45) is 4.25. The first-order chi connectivity index (χ1) is 18.0. The smallest absolute Gasteiger partial charge is 0.275 e. The van der Waals surface area contributed by atoms with Gasteiger partial charge in [0.05, 0.1) is 6.20 Å². The molecule has 1 aliphatic rings. The van der Waals surface area contributed by atoms with Gasteiger partial charge in [-0.25, -0.2) is 9.37 Å². The summed E-state index contributed by atoms with van der Waals surface area (Å²) < 4.78 is 24.4. The normalized spacial score (nSPS) is 12.6. The maximum absolute atomic E-state index is 13.8. The summed E-state index contributed by atoms with van der Waals surface area (Å²) in [4.78, 5) is 37.2. The number of aryl methyl sites for hydroxylation is 1. The average Bonchev–Trinajstić information content (AvgIpc) is 3.39. The highest BCUT2D eigenvalue weighted by Gasteiger charge is 2.33. The number of hydrogen-bond donors (Lipinski definition) is 1. The van der Waals surface area contributed by atoms with Gasteiger partial charge in [-0.05, 0) is 54.4 Å². The van der Waals surface area contributed by atoms with E-state index in [2.05, 4.69) is 15.3 Å². The SMILES string of the molecule is Cc1ccc(C(C(=O)Nc2ccc(F)cc2)N(Cc2ccc3c(c2)OCO3)C(=O)c2cnccn2)cc1. The van der Waals surface area contributed by atoms with Crippen LogP contribution in [0.4, 0.5) is 10.1 Å². The van der Waals surface area contributed by atoms with Crippen molar-refractivity contribution < 1.29 is 23.5 Å². The lowest BCUT2D eigenvalue weighted by atomic mass is 10.0. The number of anilines is 1. The van der Waals surface area contributed by atoms with Gasteiger partial charge in [-0.15, -0.1) is 0 Å². The number of carbonyl (C=O) groups is 2. The molecule has 2 amide bonds. The van der Waals surface area contributed by atoms with Gasteiger partial charge in [0.15, 0.2) is 11.5 Å². The van der Waals surface area contributed by atoms with Gasteiger partial charge >= 0.3 is 0 Å². The zero-order valence-electron chi connectivity index (χ0n) is 19.9. The number of ether oxygens (including phenoxy) is 2. The van der Waals surface area contributed by atoms with Crippen molar-refractivity contribution in [2.75, 3.05) is 12.1 Å². The van der Waals surface area contributed by atoms with Gasteiger partial charge in [-0.1, -0.05) is 35.9 Å². The number of benzene rings is 3. The molecular weight excluding hydrogens is 475 g/mol. The van der Waals surface area contributed by atoms with E-state index in [0.29, 0.717) is 22.7 Å². The summed E-state index contributed by atoms with van der Waals surface area (Å²) in [5.74, 6) is -0.193. The molecule has 4 aromatic rings. The fraction of sp³-hybridized carbons (Fsp3) is 0.143. The van der Waals surface area contributed by atoms with Crippen molar-refractivity contribution in [3.05, 3.63) is 114 Å². The molecule has 9 heteroatoms. The number of rotatable bonds is 7. The van der Waals surface area contributed by atoms with Crippen molar-refractivity contribution in [1.29, 1.82) is 0 Å². The second-order valence-corrected chi connectivity index (χ2v) is 8.52. The van der Waals surface area contributed by atoms with Crippen molar-refractivity contribution in [3.63, 3.8) is 0 Å². The highest BCUT2D eigenvalue weighted by atomic mass is 19.1. The lowest BCUT2D eigenvalue weighted by Gasteiger charge is -2.31. The van der Waals surface area contributed by atoms with E-state index in [9.17, 15) is 14.0 Å². The van der Waals surface area contributed by atoms with Gasteiger partial charge in [0, 0.05) is 24.6 Å². The van der Waals surface area contributed by atoms with Crippen molar-refractivity contribution in [1.82, 2.24) is 14.9 Å². The number of carbonyl (C=O) groups excluding carboxylic acids is 2. The highest BCUT2D eigenvalue weighted by Crippen LogP contribution is 2.34. The van der Waals surface area contributed by atoms with Gasteiger partial charge in [0.25, 0.3) is 11.8 Å². The van der Waals surface area contributed by atoms with Crippen LogP contribution in [-0.2, 0) is 11.3 Å². The first-order valence-corrected chi connectivity index (χ1v) is 11.6. The Morgan fingerprint density at radius 2 is 1.76 bits per heavy atom. The summed E-state index contributed by atoms with van der Waals surface area (Å²) in [5, 5.41) is 2.82. The van der Waals surface area contributed by atoms with Gasteiger partial charge in [0.1, 0.15) is 17.6 Å². The quantitative estimate of drug-likeness (QED) is 0.398. The van der Waals surface area contributed by atoms with E-state index in [1.54, 1.807) is 24.3 Å². The zero-order valence-corrected chi connectivity index (χ0v) is 19.9. The van der Waals surface area contributed by atoms with E-state index >= 15 is 0 Å². The molecule has 0 saturated carbocycles. The third kappa shape index (κ3) is 5.40. The Balaban J connectivity index is 1.56. The second kappa shape index (κ2) is 10.4. The summed E-state index contributed by atoms with van der Waals surface area (Å²) in [6.45, 7) is 2.13. The molecule has 3 aromatic carbocycles. The van der Waals surface area contributed by atoms with Crippen molar-refractivity contribution in [2.45, 2.75) is 19.5 Å². The Bertz CT molecular complexity index is 1410. The fourth-order valence-corrected chi connectivity index (χ4v) is 4.04. The van der Waals surface area contributed by atoms with Crippen LogP contribution in [0, 0.1) is 12.7 Å². The standard InChI is InChI=1S/C28H23FN4O4/c1-18-2-5-20(6-3-18)26(27(34)32-22-9-7-21(29)8-10-22)33(28(35)23-15-30-12-13-31-23)16-19-4-11-24-25(14-19)37-17-36-24/h2-15,26H,16-17H2,1H3,(H,32,34). The number of halogens is 1. The molecular formula is C28H23FN4O4. The van der Waals surface area contributed by atoms with E-state index < -0.39 is 23.7 Å². The number of nitrogens with zero attached hydrogens (tertiary/aromatic N) is 3. The van der Waals surface area contributed by atoms with Crippen LogP contribution in [0.1, 0.15) is 33.2 Å². The molecule has 0 aliphatic carbocycles. The topological polar surface area (TPSA) is 93.7 Å². The Morgan fingerprint density at radius 1 is 1.00 bits per heavy atom. The molecule has 1 atom stereocenters. The molecule has 8 nitrogen and oxygen atoms in total. The minimum atomic E-state index is -1.04. The predicted octanol–water partition coefficient (Wildman–Crippen LogP) is 4.68. The number of hydrogen-bond acceptors (Lipinski definition) is 6. The lowest BCUT2D eigenvalue weighted by molar-refractivity contribution is -0.121. The van der Waals surface area contributed by atoms with Crippen LogP contribution in [0.5, 0.6) is 11.5 Å². The van der Waals surface area contributed by atoms with E-state index in [-0.39, 0.29) is 19.0 Å². The van der Waals surface area contributed by atoms with E-state index in [1.807, 2.05) is 25.1 Å². The molecule has 37 heavy (non-hydrogen) atoms. The largest absolute Gasteiger partial charge is 0.454 e. The molecule has 0 fully saturated rings. The molecule has 2 heterocycles. The van der Waals surface area contributed by atoms with E-state index in [4.69, 9.17) is 9.47 Å². The van der Waals surface area contributed by atoms with Gasteiger partial charge in [-0.2, -0.15) is 0 Å². The van der Waals surface area contributed by atoms with Crippen LogP contribution < -0.4 is 14.8 Å². The Morgan fingerprint density at radius 3 is 2.49 bits per heavy atom. The lowest BCUT2D eigenvalue weighted by Crippen LogP contribution is -2.41. The van der Waals surface area contributed by atoms with Crippen LogP contribution in [0.15, 0.2) is 85.3 Å². The fourth-order valence-electron chi connectivity index (χ4n) is 4.04. The molecule has 1 aromatic heterocycles. The van der Waals surface area contributed by atoms with Crippen molar-refractivity contribution >= 4 is 17.5 Å². The molecule has 0 spiro atoms. The summed E-state index contributed by atoms with van der Waals surface area (Å²) in [7, 11) is 0. The highest BCUT2D eigenvalue weighted by molar-refractivity contribution is 6.00. The molecule has 1 unspecified atom stereocenters. The number of fused-ring (bicyclic) bond motifs is 1. The van der Waals surface area contributed by atoms with Crippen molar-refractivity contribution in [3.8, 4) is 11.5 Å². The summed E-state index contributed by atoms with van der Waals surface area (Å²) in [6, 6.07) is 17.1. The third-order valence-electron chi connectivity index (χ3n) is 5.90. The molecule has 0 saturated heterocycles. The second-order valence-electron chi connectivity index (χ2n) is 8.52. The number of nitrogens with one attached hydrogen (secondary N) is 1. The van der Waals surface area contributed by atoms with E-state index in [1.165, 1.54) is 47.8 Å². The minimum absolute atomic E-state index is 0.0709. The summed E-state index contributed by atoms with van der Waals surface area (Å²) in [5.41, 5.74) is 2.83. The first-order valence-electron chi connectivity index (χ1n) is 11.6. The van der Waals surface area contributed by atoms with Gasteiger partial charge in [0.2, 0.25) is 6.79 Å². The Hall–Kier alpha value is -4.79. The maximum Gasteiger partial charge on any atom is 0.275 e. The summed E-state index contributed by atoms with van der Waals surface area (Å²) >= 11 is 0. The molecule has 5 rings (SSSR count). The molecule has 1 N–H and O–H groups in total. The molecule has 0 bridgehead atoms. The monoisotopic (exact) mass is 498 g/mol.